The molecule has 1 aliphatic heterocycles. The number of hydrogen-bond donors (Lipinski definition) is 1. The van der Waals surface area contributed by atoms with Crippen LogP contribution in [0.4, 0.5) is 11.4 Å². The van der Waals surface area contributed by atoms with Crippen LogP contribution in [0.25, 0.3) is 0 Å². The summed E-state index contributed by atoms with van der Waals surface area (Å²) in [6, 6.07) is 8.76. The third kappa shape index (κ3) is 4.90. The van der Waals surface area contributed by atoms with E-state index in [9.17, 15) is 18.0 Å². The van der Waals surface area contributed by atoms with E-state index in [0.29, 0.717) is 28.8 Å². The Morgan fingerprint density at radius 2 is 1.86 bits per heavy atom. The molecular weight excluding hydrogens is 524 g/mol. The van der Waals surface area contributed by atoms with Crippen molar-refractivity contribution in [3.05, 3.63) is 50.4 Å². The van der Waals surface area contributed by atoms with Gasteiger partial charge in [0.2, 0.25) is 11.8 Å². The van der Waals surface area contributed by atoms with Gasteiger partial charge in [-0.05, 0) is 80.6 Å². The summed E-state index contributed by atoms with van der Waals surface area (Å²) in [5.74, 6) is -0.849. The number of amides is 2. The topological polar surface area (TPSA) is 83.6 Å². The molecule has 0 unspecified atom stereocenters. The second kappa shape index (κ2) is 8.57. The van der Waals surface area contributed by atoms with Gasteiger partial charge in [0.1, 0.15) is 0 Å². The second-order valence-electron chi connectivity index (χ2n) is 6.93. The maximum atomic E-state index is 12.9. The molecule has 0 fully saturated rings. The molecule has 0 radical (unpaired) electrons. The van der Waals surface area contributed by atoms with Gasteiger partial charge in [-0.2, -0.15) is 0 Å². The van der Waals surface area contributed by atoms with E-state index in [-0.39, 0.29) is 28.9 Å². The maximum Gasteiger partial charge on any atom is 0.225 e. The highest BCUT2D eigenvalue weighted by Crippen LogP contribution is 2.36. The molecule has 0 bridgehead atoms. The van der Waals surface area contributed by atoms with E-state index in [2.05, 4.69) is 37.2 Å². The van der Waals surface area contributed by atoms with Crippen LogP contribution >= 0.6 is 31.9 Å². The molecule has 0 aliphatic carbocycles. The first-order valence-corrected chi connectivity index (χ1v) is 12.2. The van der Waals surface area contributed by atoms with Crippen LogP contribution in [-0.2, 0) is 25.8 Å². The summed E-state index contributed by atoms with van der Waals surface area (Å²) in [5, 5.41) is 2.72. The van der Waals surface area contributed by atoms with Crippen LogP contribution in [0.3, 0.4) is 0 Å². The van der Waals surface area contributed by atoms with Crippen molar-refractivity contribution in [1.29, 1.82) is 0 Å². The van der Waals surface area contributed by atoms with Crippen molar-refractivity contribution >= 4 is 64.9 Å². The van der Waals surface area contributed by atoms with Crippen molar-refractivity contribution < 1.29 is 18.0 Å². The first-order valence-electron chi connectivity index (χ1n) is 8.98. The number of benzene rings is 2. The molecule has 0 atom stereocenters. The fourth-order valence-electron chi connectivity index (χ4n) is 3.22. The summed E-state index contributed by atoms with van der Waals surface area (Å²) in [5.41, 5.74) is 3.17. The standard InChI is InChI=1S/C20H20Br2N2O4S/c1-12-3-4-17(15(21)9-12)23-20(26)6-8-29(27,28)19-11-18-14(10-16(19)22)5-7-24(18)13(2)25/h3-4,9-11H,5-8H2,1-2H3,(H,23,26). The summed E-state index contributed by atoms with van der Waals surface area (Å²) >= 11 is 6.72. The van der Waals surface area contributed by atoms with Gasteiger partial charge in [-0.3, -0.25) is 9.59 Å². The number of carbonyl (C=O) groups excluding carboxylic acids is 2. The first kappa shape index (κ1) is 22.0. The normalized spacial score (nSPS) is 13.3. The summed E-state index contributed by atoms with van der Waals surface area (Å²) in [6.45, 7) is 3.93. The van der Waals surface area contributed by atoms with Crippen molar-refractivity contribution in [3.8, 4) is 0 Å². The molecule has 154 valence electrons. The first-order chi connectivity index (χ1) is 13.6. The van der Waals surface area contributed by atoms with Crippen LogP contribution in [0, 0.1) is 6.92 Å². The van der Waals surface area contributed by atoms with E-state index in [0.717, 1.165) is 15.6 Å². The third-order valence-electron chi connectivity index (χ3n) is 4.74. The molecule has 9 heteroatoms. The second-order valence-corrected chi connectivity index (χ2v) is 10.7. The van der Waals surface area contributed by atoms with Gasteiger partial charge in [0.15, 0.2) is 9.84 Å². The number of nitrogens with zero attached hydrogens (tertiary/aromatic N) is 1. The van der Waals surface area contributed by atoms with Crippen LogP contribution in [-0.4, -0.2) is 32.5 Å². The van der Waals surface area contributed by atoms with Crippen molar-refractivity contribution in [3.63, 3.8) is 0 Å². The summed E-state index contributed by atoms with van der Waals surface area (Å²) in [6.07, 6.45) is 0.504. The third-order valence-corrected chi connectivity index (χ3v) is 8.06. The Morgan fingerprint density at radius 1 is 1.14 bits per heavy atom. The Kier molecular flexibility index (Phi) is 6.50. The molecular formula is C20H20Br2N2O4S. The van der Waals surface area contributed by atoms with Crippen LogP contribution < -0.4 is 10.2 Å². The van der Waals surface area contributed by atoms with Gasteiger partial charge >= 0.3 is 0 Å². The van der Waals surface area contributed by atoms with Gasteiger partial charge in [0.05, 0.1) is 16.3 Å². The highest BCUT2D eigenvalue weighted by Gasteiger charge is 2.27. The van der Waals surface area contributed by atoms with E-state index >= 15 is 0 Å². The number of halogens is 2. The molecule has 1 N–H and O–H groups in total. The number of rotatable bonds is 5. The molecule has 0 spiro atoms. The van der Waals surface area contributed by atoms with Crippen molar-refractivity contribution in [1.82, 2.24) is 0 Å². The number of sulfone groups is 1. The van der Waals surface area contributed by atoms with Gasteiger partial charge in [-0.1, -0.05) is 6.07 Å². The summed E-state index contributed by atoms with van der Waals surface area (Å²) < 4.78 is 26.9. The van der Waals surface area contributed by atoms with E-state index < -0.39 is 9.84 Å². The molecule has 2 aromatic carbocycles. The number of carbonyl (C=O) groups is 2. The Bertz CT molecular complexity index is 1100. The lowest BCUT2D eigenvalue weighted by Gasteiger charge is -2.16. The predicted octanol–water partition coefficient (Wildman–Crippen LogP) is 4.23. The number of anilines is 2. The predicted molar refractivity (Wildman–Crippen MR) is 120 cm³/mol. The lowest BCUT2D eigenvalue weighted by atomic mass is 10.2. The van der Waals surface area contributed by atoms with Gasteiger partial charge in [-0.25, -0.2) is 8.42 Å². The highest BCUT2D eigenvalue weighted by molar-refractivity contribution is 9.10. The van der Waals surface area contributed by atoms with Crippen LogP contribution in [0.1, 0.15) is 24.5 Å². The van der Waals surface area contributed by atoms with E-state index in [1.807, 2.05) is 19.1 Å². The summed E-state index contributed by atoms with van der Waals surface area (Å²) in [4.78, 5) is 25.7. The van der Waals surface area contributed by atoms with Crippen molar-refractivity contribution in [2.75, 3.05) is 22.5 Å². The monoisotopic (exact) mass is 542 g/mol. The minimum atomic E-state index is -3.72. The van der Waals surface area contributed by atoms with Gasteiger partial charge in [0.25, 0.3) is 0 Å². The van der Waals surface area contributed by atoms with Gasteiger partial charge < -0.3 is 10.2 Å². The molecule has 0 saturated carbocycles. The van der Waals surface area contributed by atoms with Crippen LogP contribution in [0.2, 0.25) is 0 Å². The van der Waals surface area contributed by atoms with Crippen molar-refractivity contribution in [2.24, 2.45) is 0 Å². The molecule has 6 nitrogen and oxygen atoms in total. The van der Waals surface area contributed by atoms with Crippen LogP contribution in [0.5, 0.6) is 0 Å². The van der Waals surface area contributed by atoms with Gasteiger partial charge in [0, 0.05) is 34.5 Å². The Balaban J connectivity index is 1.75. The number of fused-ring (bicyclic) bond motifs is 1. The highest BCUT2D eigenvalue weighted by atomic mass is 79.9. The Labute approximate surface area is 186 Å². The van der Waals surface area contributed by atoms with E-state index in [1.165, 1.54) is 13.0 Å². The Morgan fingerprint density at radius 3 is 2.52 bits per heavy atom. The molecule has 29 heavy (non-hydrogen) atoms. The fraction of sp³-hybridized carbons (Fsp3) is 0.300. The van der Waals surface area contributed by atoms with Crippen LogP contribution in [0.15, 0.2) is 44.2 Å². The zero-order valence-electron chi connectivity index (χ0n) is 16.0. The van der Waals surface area contributed by atoms with E-state index in [4.69, 9.17) is 0 Å². The lowest BCUT2D eigenvalue weighted by molar-refractivity contribution is -0.117. The minimum Gasteiger partial charge on any atom is -0.325 e. The Hall–Kier alpha value is -1.71. The zero-order chi connectivity index (χ0) is 21.3. The minimum absolute atomic E-state index is 0.0914. The quantitative estimate of drug-likeness (QED) is 0.611. The number of aryl methyl sites for hydroxylation is 1. The fourth-order valence-corrected chi connectivity index (χ4v) is 6.27. The maximum absolute atomic E-state index is 12.9. The molecule has 1 heterocycles. The number of hydrogen-bond acceptors (Lipinski definition) is 4. The zero-order valence-corrected chi connectivity index (χ0v) is 19.9. The van der Waals surface area contributed by atoms with E-state index in [1.54, 1.807) is 17.0 Å². The molecule has 0 aromatic heterocycles. The SMILES string of the molecule is CC(=O)N1CCc2cc(Br)c(S(=O)(=O)CCC(=O)Nc3ccc(C)cc3Br)cc21. The van der Waals surface area contributed by atoms with Gasteiger partial charge in [-0.15, -0.1) is 0 Å². The smallest absolute Gasteiger partial charge is 0.225 e. The average molecular weight is 544 g/mol. The molecule has 0 saturated heterocycles. The largest absolute Gasteiger partial charge is 0.325 e. The molecule has 2 amide bonds. The summed E-state index contributed by atoms with van der Waals surface area (Å²) in [7, 11) is -3.72. The average Bonchev–Trinajstić information content (AvgIpc) is 3.04. The number of nitrogens with one attached hydrogen (secondary N) is 1. The molecule has 1 aliphatic rings. The molecule has 3 rings (SSSR count). The van der Waals surface area contributed by atoms with Crippen molar-refractivity contribution in [2.45, 2.75) is 31.6 Å². The lowest BCUT2D eigenvalue weighted by Crippen LogP contribution is -2.26. The molecule has 2 aromatic rings.